The summed E-state index contributed by atoms with van der Waals surface area (Å²) >= 11 is 0. The maximum absolute atomic E-state index is 12.0. The zero-order chi connectivity index (χ0) is 14.3. The molecular formula is C12H20N4O3S. The average molecular weight is 300 g/mol. The molecule has 0 atom stereocenters. The Labute approximate surface area is 119 Å². The number of hydrogen-bond acceptors (Lipinski definition) is 5. The van der Waals surface area contributed by atoms with Gasteiger partial charge >= 0.3 is 0 Å². The van der Waals surface area contributed by atoms with Gasteiger partial charge in [-0.2, -0.15) is 17.0 Å². The molecule has 0 unspecified atom stereocenters. The highest BCUT2D eigenvalue weighted by Gasteiger charge is 2.34. The molecule has 3 rings (SSSR count). The third kappa shape index (κ3) is 2.59. The van der Waals surface area contributed by atoms with Crippen LogP contribution in [0.5, 0.6) is 0 Å². The molecule has 1 aliphatic heterocycles. The van der Waals surface area contributed by atoms with E-state index < -0.39 is 10.2 Å². The number of piperidine rings is 1. The summed E-state index contributed by atoms with van der Waals surface area (Å²) < 4.78 is 32.5. The topological polar surface area (TPSA) is 79.5 Å². The molecule has 20 heavy (non-hydrogen) atoms. The molecular weight excluding hydrogens is 280 g/mol. The molecule has 0 aromatic carbocycles. The standard InChI is InChI=1S/C12H20N4O3S/c1-15(2)20(17,18)16-7-5-10(6-8-16)12-14-13-11(19-12)9-3-4-9/h9-10H,3-8H2,1-2H3. The second-order valence-electron chi connectivity index (χ2n) is 5.72. The fraction of sp³-hybridized carbons (Fsp3) is 0.833. The van der Waals surface area contributed by atoms with E-state index in [0.717, 1.165) is 31.6 Å². The minimum atomic E-state index is -3.30. The lowest BCUT2D eigenvalue weighted by molar-refractivity contribution is 0.275. The first-order chi connectivity index (χ1) is 9.48. The van der Waals surface area contributed by atoms with Crippen molar-refractivity contribution in [2.45, 2.75) is 37.5 Å². The van der Waals surface area contributed by atoms with Gasteiger partial charge in [-0.25, -0.2) is 0 Å². The summed E-state index contributed by atoms with van der Waals surface area (Å²) in [4.78, 5) is 0. The average Bonchev–Trinajstić information content (AvgIpc) is 3.16. The molecule has 2 heterocycles. The van der Waals surface area contributed by atoms with Crippen LogP contribution in [-0.2, 0) is 10.2 Å². The van der Waals surface area contributed by atoms with Gasteiger partial charge in [-0.1, -0.05) is 0 Å². The van der Waals surface area contributed by atoms with Crippen LogP contribution in [0.4, 0.5) is 0 Å². The molecule has 1 aromatic heterocycles. The first kappa shape index (κ1) is 14.0. The van der Waals surface area contributed by atoms with Gasteiger partial charge in [-0.15, -0.1) is 10.2 Å². The minimum absolute atomic E-state index is 0.184. The quantitative estimate of drug-likeness (QED) is 0.826. The Hall–Kier alpha value is -0.990. The number of aromatic nitrogens is 2. The molecule has 0 amide bonds. The van der Waals surface area contributed by atoms with Crippen molar-refractivity contribution in [1.29, 1.82) is 0 Å². The van der Waals surface area contributed by atoms with Gasteiger partial charge in [0.1, 0.15) is 0 Å². The van der Waals surface area contributed by atoms with E-state index >= 15 is 0 Å². The molecule has 2 aliphatic rings. The fourth-order valence-electron chi connectivity index (χ4n) is 2.47. The van der Waals surface area contributed by atoms with Crippen LogP contribution in [0.25, 0.3) is 0 Å². The number of nitrogens with zero attached hydrogens (tertiary/aromatic N) is 4. The number of hydrogen-bond donors (Lipinski definition) is 0. The highest BCUT2D eigenvalue weighted by molar-refractivity contribution is 7.86. The molecule has 1 aliphatic carbocycles. The Morgan fingerprint density at radius 2 is 1.55 bits per heavy atom. The molecule has 0 radical (unpaired) electrons. The molecule has 2 fully saturated rings. The van der Waals surface area contributed by atoms with E-state index in [1.165, 1.54) is 8.61 Å². The van der Waals surface area contributed by atoms with Gasteiger partial charge < -0.3 is 4.42 Å². The Morgan fingerprint density at radius 3 is 2.00 bits per heavy atom. The van der Waals surface area contributed by atoms with E-state index in [1.54, 1.807) is 14.1 Å². The minimum Gasteiger partial charge on any atom is -0.425 e. The summed E-state index contributed by atoms with van der Waals surface area (Å²) in [6, 6.07) is 0. The molecule has 0 bridgehead atoms. The molecule has 7 nitrogen and oxygen atoms in total. The van der Waals surface area contributed by atoms with Gasteiger partial charge in [0.25, 0.3) is 10.2 Å². The smallest absolute Gasteiger partial charge is 0.281 e. The molecule has 1 saturated heterocycles. The van der Waals surface area contributed by atoms with Crippen molar-refractivity contribution < 1.29 is 12.8 Å². The van der Waals surface area contributed by atoms with Crippen LogP contribution in [0.15, 0.2) is 4.42 Å². The van der Waals surface area contributed by atoms with E-state index in [2.05, 4.69) is 10.2 Å². The van der Waals surface area contributed by atoms with Crippen LogP contribution < -0.4 is 0 Å². The second kappa shape index (κ2) is 5.09. The Kier molecular flexibility index (Phi) is 3.55. The summed E-state index contributed by atoms with van der Waals surface area (Å²) in [7, 11) is -0.190. The lowest BCUT2D eigenvalue weighted by Gasteiger charge is -2.31. The highest BCUT2D eigenvalue weighted by Crippen LogP contribution is 2.40. The van der Waals surface area contributed by atoms with Crippen molar-refractivity contribution in [2.75, 3.05) is 27.2 Å². The monoisotopic (exact) mass is 300 g/mol. The van der Waals surface area contributed by atoms with E-state index in [1.807, 2.05) is 0 Å². The summed E-state index contributed by atoms with van der Waals surface area (Å²) in [6.45, 7) is 1.01. The zero-order valence-electron chi connectivity index (χ0n) is 11.8. The van der Waals surface area contributed by atoms with Gasteiger partial charge in [-0.05, 0) is 25.7 Å². The fourth-order valence-corrected chi connectivity index (χ4v) is 3.61. The molecule has 112 valence electrons. The van der Waals surface area contributed by atoms with Gasteiger partial charge in [0, 0.05) is 39.0 Å². The summed E-state index contributed by atoms with van der Waals surface area (Å²) in [5.74, 6) is 2.08. The predicted molar refractivity (Wildman–Crippen MR) is 72.4 cm³/mol. The van der Waals surface area contributed by atoms with Crippen molar-refractivity contribution >= 4 is 10.2 Å². The van der Waals surface area contributed by atoms with Crippen molar-refractivity contribution in [2.24, 2.45) is 0 Å². The van der Waals surface area contributed by atoms with E-state index in [0.29, 0.717) is 24.9 Å². The van der Waals surface area contributed by atoms with Crippen molar-refractivity contribution in [3.8, 4) is 0 Å². The summed E-state index contributed by atoms with van der Waals surface area (Å²) in [5, 5.41) is 8.22. The van der Waals surface area contributed by atoms with Crippen LogP contribution in [0.1, 0.15) is 49.3 Å². The second-order valence-corrected chi connectivity index (χ2v) is 7.86. The molecule has 0 spiro atoms. The maximum Gasteiger partial charge on any atom is 0.281 e. The Balaban J connectivity index is 1.63. The van der Waals surface area contributed by atoms with Gasteiger partial charge in [0.2, 0.25) is 11.8 Å². The van der Waals surface area contributed by atoms with E-state index in [-0.39, 0.29) is 5.92 Å². The molecule has 8 heteroatoms. The van der Waals surface area contributed by atoms with Gasteiger partial charge in [0.05, 0.1) is 0 Å². The van der Waals surface area contributed by atoms with Crippen molar-refractivity contribution in [1.82, 2.24) is 18.8 Å². The number of rotatable bonds is 4. The Bertz CT molecular complexity index is 571. The van der Waals surface area contributed by atoms with E-state index in [4.69, 9.17) is 4.42 Å². The first-order valence-corrected chi connectivity index (χ1v) is 8.39. The molecule has 1 saturated carbocycles. The van der Waals surface area contributed by atoms with E-state index in [9.17, 15) is 8.42 Å². The van der Waals surface area contributed by atoms with Gasteiger partial charge in [-0.3, -0.25) is 0 Å². The summed E-state index contributed by atoms with van der Waals surface area (Å²) in [5.41, 5.74) is 0. The van der Waals surface area contributed by atoms with Crippen molar-refractivity contribution in [3.63, 3.8) is 0 Å². The SMILES string of the molecule is CN(C)S(=O)(=O)N1CCC(c2nnc(C3CC3)o2)CC1. The van der Waals surface area contributed by atoms with Crippen LogP contribution >= 0.6 is 0 Å². The predicted octanol–water partition coefficient (Wildman–Crippen LogP) is 0.933. The lowest BCUT2D eigenvalue weighted by Crippen LogP contribution is -2.44. The molecule has 1 aromatic rings. The largest absolute Gasteiger partial charge is 0.425 e. The normalized spacial score (nSPS) is 22.6. The van der Waals surface area contributed by atoms with Crippen LogP contribution in [0, 0.1) is 0 Å². The molecule has 0 N–H and O–H groups in total. The zero-order valence-corrected chi connectivity index (χ0v) is 12.6. The van der Waals surface area contributed by atoms with Crippen LogP contribution in [-0.4, -0.2) is 54.4 Å². The van der Waals surface area contributed by atoms with Crippen LogP contribution in [0.3, 0.4) is 0 Å². The summed E-state index contributed by atoms with van der Waals surface area (Å²) in [6.07, 6.45) is 3.75. The first-order valence-electron chi connectivity index (χ1n) is 6.99. The third-order valence-electron chi connectivity index (χ3n) is 3.97. The van der Waals surface area contributed by atoms with Crippen LogP contribution in [0.2, 0.25) is 0 Å². The van der Waals surface area contributed by atoms with Gasteiger partial charge in [0.15, 0.2) is 0 Å². The highest BCUT2D eigenvalue weighted by atomic mass is 32.2. The lowest BCUT2D eigenvalue weighted by atomic mass is 9.98. The third-order valence-corrected chi connectivity index (χ3v) is 5.91. The van der Waals surface area contributed by atoms with Crippen molar-refractivity contribution in [3.05, 3.63) is 11.8 Å². The maximum atomic E-state index is 12.0. The Morgan fingerprint density at radius 1 is 1.05 bits per heavy atom.